The fourth-order valence-corrected chi connectivity index (χ4v) is 3.09. The number of nitrogens with one attached hydrogen (secondary N) is 2. The van der Waals surface area contributed by atoms with E-state index in [-0.39, 0.29) is 24.4 Å². The molecule has 1 aromatic heterocycles. The molecular formula is C20H22ClN5O2. The highest BCUT2D eigenvalue weighted by atomic mass is 35.5. The smallest absolute Gasteiger partial charge is 0.277 e. The van der Waals surface area contributed by atoms with Gasteiger partial charge in [-0.1, -0.05) is 35.5 Å². The summed E-state index contributed by atoms with van der Waals surface area (Å²) in [6, 6.07) is 17.1. The molecule has 146 valence electrons. The van der Waals surface area contributed by atoms with Crippen LogP contribution in [0.1, 0.15) is 29.4 Å². The lowest BCUT2D eigenvalue weighted by Gasteiger charge is -2.22. The summed E-state index contributed by atoms with van der Waals surface area (Å²) in [5.41, 5.74) is 0.880. The molecule has 2 aromatic carbocycles. The van der Waals surface area contributed by atoms with E-state index in [4.69, 9.17) is 4.74 Å². The highest BCUT2D eigenvalue weighted by Gasteiger charge is 2.19. The van der Waals surface area contributed by atoms with Crippen molar-refractivity contribution in [1.29, 1.82) is 0 Å². The molecule has 1 saturated heterocycles. The molecule has 1 aliphatic rings. The van der Waals surface area contributed by atoms with Gasteiger partial charge in [0.2, 0.25) is 0 Å². The molecule has 0 bridgehead atoms. The zero-order valence-electron chi connectivity index (χ0n) is 15.2. The summed E-state index contributed by atoms with van der Waals surface area (Å²) in [5, 5.41) is 14.4. The van der Waals surface area contributed by atoms with Crippen molar-refractivity contribution in [3.05, 3.63) is 66.5 Å². The second-order valence-electron chi connectivity index (χ2n) is 6.43. The molecule has 0 radical (unpaired) electrons. The Morgan fingerprint density at radius 1 is 1.07 bits per heavy atom. The SMILES string of the molecule is Cl.O=C(Nc1ccccc1Oc1ccccc1)c1cn(C2CCNCC2)nn1. The molecule has 1 aliphatic heterocycles. The third-order valence-corrected chi connectivity index (χ3v) is 4.53. The van der Waals surface area contributed by atoms with E-state index >= 15 is 0 Å². The van der Waals surface area contributed by atoms with Crippen molar-refractivity contribution in [2.24, 2.45) is 0 Å². The third kappa shape index (κ3) is 4.68. The molecule has 0 spiro atoms. The molecular weight excluding hydrogens is 378 g/mol. The van der Waals surface area contributed by atoms with E-state index in [0.717, 1.165) is 25.9 Å². The Bertz CT molecular complexity index is 910. The van der Waals surface area contributed by atoms with Gasteiger partial charge in [-0.25, -0.2) is 4.68 Å². The first-order valence-corrected chi connectivity index (χ1v) is 9.05. The molecule has 2 N–H and O–H groups in total. The van der Waals surface area contributed by atoms with Gasteiger partial charge < -0.3 is 15.4 Å². The highest BCUT2D eigenvalue weighted by Crippen LogP contribution is 2.29. The number of carbonyl (C=O) groups excluding carboxylic acids is 1. The summed E-state index contributed by atoms with van der Waals surface area (Å²) in [4.78, 5) is 12.6. The van der Waals surface area contributed by atoms with Crippen LogP contribution in [-0.4, -0.2) is 34.0 Å². The Morgan fingerprint density at radius 2 is 1.79 bits per heavy atom. The van der Waals surface area contributed by atoms with Crippen LogP contribution in [0.5, 0.6) is 11.5 Å². The zero-order chi connectivity index (χ0) is 18.5. The number of ether oxygens (including phenoxy) is 1. The van der Waals surface area contributed by atoms with Gasteiger partial charge in [-0.15, -0.1) is 17.5 Å². The number of halogens is 1. The van der Waals surface area contributed by atoms with Gasteiger partial charge in [-0.05, 0) is 50.2 Å². The number of benzene rings is 2. The summed E-state index contributed by atoms with van der Waals surface area (Å²) in [5.74, 6) is 0.971. The average Bonchev–Trinajstić information content (AvgIpc) is 3.21. The molecule has 0 saturated carbocycles. The lowest BCUT2D eigenvalue weighted by atomic mass is 10.1. The predicted molar refractivity (Wildman–Crippen MR) is 109 cm³/mol. The molecule has 3 aromatic rings. The van der Waals surface area contributed by atoms with E-state index < -0.39 is 0 Å². The van der Waals surface area contributed by atoms with Crippen LogP contribution >= 0.6 is 12.4 Å². The molecule has 8 heteroatoms. The number of para-hydroxylation sites is 3. The number of aromatic nitrogens is 3. The number of rotatable bonds is 5. The lowest BCUT2D eigenvalue weighted by molar-refractivity contribution is 0.102. The van der Waals surface area contributed by atoms with Crippen molar-refractivity contribution in [3.8, 4) is 11.5 Å². The maximum atomic E-state index is 12.6. The molecule has 1 fully saturated rings. The fourth-order valence-electron chi connectivity index (χ4n) is 3.09. The monoisotopic (exact) mass is 399 g/mol. The van der Waals surface area contributed by atoms with Crippen LogP contribution in [0.4, 0.5) is 5.69 Å². The quantitative estimate of drug-likeness (QED) is 0.684. The zero-order valence-corrected chi connectivity index (χ0v) is 16.1. The molecule has 0 unspecified atom stereocenters. The Balaban J connectivity index is 0.00000225. The number of anilines is 1. The molecule has 0 aliphatic carbocycles. The van der Waals surface area contributed by atoms with Gasteiger partial charge in [0.05, 0.1) is 17.9 Å². The van der Waals surface area contributed by atoms with E-state index in [1.165, 1.54) is 0 Å². The standard InChI is InChI=1S/C20H21N5O2.ClH/c26-20(18-14-25(24-23-18)15-10-12-21-13-11-15)22-17-8-4-5-9-19(17)27-16-6-2-1-3-7-16;/h1-9,14-15,21H,10-13H2,(H,22,26);1H. The van der Waals surface area contributed by atoms with Crippen LogP contribution in [0.25, 0.3) is 0 Å². The molecule has 0 atom stereocenters. The van der Waals surface area contributed by atoms with Crippen LogP contribution in [-0.2, 0) is 0 Å². The highest BCUT2D eigenvalue weighted by molar-refractivity contribution is 6.03. The minimum atomic E-state index is -0.306. The van der Waals surface area contributed by atoms with Crippen LogP contribution in [0.15, 0.2) is 60.8 Å². The molecule has 1 amide bonds. The summed E-state index contributed by atoms with van der Waals surface area (Å²) in [6.45, 7) is 1.91. The number of hydrogen-bond donors (Lipinski definition) is 2. The topological polar surface area (TPSA) is 81.1 Å². The van der Waals surface area contributed by atoms with E-state index in [9.17, 15) is 4.79 Å². The fraction of sp³-hybridized carbons (Fsp3) is 0.250. The maximum absolute atomic E-state index is 12.6. The van der Waals surface area contributed by atoms with Crippen molar-refractivity contribution in [1.82, 2.24) is 20.3 Å². The normalized spacial score (nSPS) is 14.1. The van der Waals surface area contributed by atoms with Crippen molar-refractivity contribution in [3.63, 3.8) is 0 Å². The minimum Gasteiger partial charge on any atom is -0.455 e. The van der Waals surface area contributed by atoms with E-state index in [1.54, 1.807) is 16.9 Å². The summed E-state index contributed by atoms with van der Waals surface area (Å²) in [6.07, 6.45) is 3.68. The Hall–Kier alpha value is -2.90. The number of piperidine rings is 1. The van der Waals surface area contributed by atoms with Gasteiger partial charge in [-0.3, -0.25) is 4.79 Å². The summed E-state index contributed by atoms with van der Waals surface area (Å²) < 4.78 is 7.68. The number of amides is 1. The lowest BCUT2D eigenvalue weighted by Crippen LogP contribution is -2.29. The van der Waals surface area contributed by atoms with E-state index in [2.05, 4.69) is 20.9 Å². The Labute approximate surface area is 169 Å². The summed E-state index contributed by atoms with van der Waals surface area (Å²) in [7, 11) is 0. The van der Waals surface area contributed by atoms with Crippen LogP contribution in [0.2, 0.25) is 0 Å². The second-order valence-corrected chi connectivity index (χ2v) is 6.43. The maximum Gasteiger partial charge on any atom is 0.277 e. The van der Waals surface area contributed by atoms with Crippen LogP contribution < -0.4 is 15.4 Å². The number of hydrogen-bond acceptors (Lipinski definition) is 5. The van der Waals surface area contributed by atoms with E-state index in [0.29, 0.717) is 22.9 Å². The predicted octanol–water partition coefficient (Wildman–Crippen LogP) is 3.67. The number of carbonyl (C=O) groups is 1. The van der Waals surface area contributed by atoms with Gasteiger partial charge >= 0.3 is 0 Å². The Morgan fingerprint density at radius 3 is 2.57 bits per heavy atom. The molecule has 28 heavy (non-hydrogen) atoms. The molecule has 4 rings (SSSR count). The first-order valence-electron chi connectivity index (χ1n) is 9.05. The second kappa shape index (κ2) is 9.34. The number of nitrogens with zero attached hydrogens (tertiary/aromatic N) is 3. The van der Waals surface area contributed by atoms with Crippen LogP contribution in [0, 0.1) is 0 Å². The van der Waals surface area contributed by atoms with Crippen molar-refractivity contribution in [2.45, 2.75) is 18.9 Å². The first kappa shape index (κ1) is 19.9. The largest absolute Gasteiger partial charge is 0.455 e. The van der Waals surface area contributed by atoms with Gasteiger partial charge in [0, 0.05) is 0 Å². The molecule has 7 nitrogen and oxygen atoms in total. The van der Waals surface area contributed by atoms with Crippen molar-refractivity contribution in [2.75, 3.05) is 18.4 Å². The van der Waals surface area contributed by atoms with Gasteiger partial charge in [0.25, 0.3) is 5.91 Å². The third-order valence-electron chi connectivity index (χ3n) is 4.53. The average molecular weight is 400 g/mol. The van der Waals surface area contributed by atoms with Crippen LogP contribution in [0.3, 0.4) is 0 Å². The van der Waals surface area contributed by atoms with E-state index in [1.807, 2.05) is 48.5 Å². The van der Waals surface area contributed by atoms with Gasteiger partial charge in [0.15, 0.2) is 11.4 Å². The van der Waals surface area contributed by atoms with Crippen molar-refractivity contribution < 1.29 is 9.53 Å². The Kier molecular flexibility index (Phi) is 6.62. The van der Waals surface area contributed by atoms with Crippen molar-refractivity contribution >= 4 is 24.0 Å². The van der Waals surface area contributed by atoms with Gasteiger partial charge in [-0.2, -0.15) is 0 Å². The van der Waals surface area contributed by atoms with Gasteiger partial charge in [0.1, 0.15) is 5.75 Å². The molecule has 2 heterocycles. The summed E-state index contributed by atoms with van der Waals surface area (Å²) >= 11 is 0. The minimum absolute atomic E-state index is 0. The first-order chi connectivity index (χ1) is 13.3.